The van der Waals surface area contributed by atoms with Crippen molar-refractivity contribution in [2.24, 2.45) is 0 Å². The lowest BCUT2D eigenvalue weighted by Crippen LogP contribution is -2.06. The zero-order valence-corrected chi connectivity index (χ0v) is 13.8. The number of aromatic nitrogens is 5. The number of thioether (sulfide) groups is 1. The first kappa shape index (κ1) is 16.8. The van der Waals surface area contributed by atoms with Crippen LogP contribution in [0.2, 0.25) is 0 Å². The van der Waals surface area contributed by atoms with Crippen LogP contribution in [-0.4, -0.2) is 30.1 Å². The minimum atomic E-state index is -4.35. The quantitative estimate of drug-likeness (QED) is 0.630. The van der Waals surface area contributed by atoms with E-state index in [4.69, 9.17) is 0 Å². The molecule has 2 heterocycles. The number of rotatable bonds is 6. The molecule has 0 saturated heterocycles. The summed E-state index contributed by atoms with van der Waals surface area (Å²) in [6.45, 7) is 3.28. The number of halogens is 3. The molecule has 128 valence electrons. The van der Waals surface area contributed by atoms with Crippen LogP contribution in [0.25, 0.3) is 11.0 Å². The van der Waals surface area contributed by atoms with Gasteiger partial charge in [-0.15, -0.1) is 0 Å². The number of aryl methyl sites for hydroxylation is 2. The molecule has 0 aliphatic carbocycles. The smallest absolute Gasteiger partial charge is 0.319 e. The van der Waals surface area contributed by atoms with Gasteiger partial charge in [-0.1, -0.05) is 18.7 Å². The molecule has 0 unspecified atom stereocenters. The summed E-state index contributed by atoms with van der Waals surface area (Å²) in [7, 11) is 0. The lowest BCUT2D eigenvalue weighted by atomic mass is 10.2. The summed E-state index contributed by atoms with van der Waals surface area (Å²) < 4.78 is 42.4. The van der Waals surface area contributed by atoms with Crippen LogP contribution >= 0.6 is 11.8 Å². The molecule has 1 aromatic carbocycles. The molecule has 0 aliphatic heterocycles. The van der Waals surface area contributed by atoms with E-state index in [9.17, 15) is 13.2 Å². The standard InChI is InChI=1S/C15H16F3N5S/c1-2-5-23-13-8-11(15(16,17)18)3-4-12(13)21-14(23)24-7-6-22-10-19-9-20-22/h3-4,8-10H,2,5-7H2,1H3. The van der Waals surface area contributed by atoms with Crippen molar-refractivity contribution in [3.8, 4) is 0 Å². The molecule has 3 aromatic rings. The minimum absolute atomic E-state index is 0.523. The zero-order valence-electron chi connectivity index (χ0n) is 13.0. The summed E-state index contributed by atoms with van der Waals surface area (Å²) >= 11 is 1.51. The molecule has 0 saturated carbocycles. The van der Waals surface area contributed by atoms with Crippen LogP contribution in [-0.2, 0) is 19.3 Å². The van der Waals surface area contributed by atoms with E-state index in [2.05, 4.69) is 15.1 Å². The molecule has 0 spiro atoms. The molecule has 0 radical (unpaired) electrons. The second-order valence-corrected chi connectivity index (χ2v) is 6.32. The Bertz CT molecular complexity index is 810. The first-order valence-electron chi connectivity index (χ1n) is 7.51. The number of nitrogens with zero attached hydrogens (tertiary/aromatic N) is 5. The first-order chi connectivity index (χ1) is 11.5. The van der Waals surface area contributed by atoms with E-state index in [-0.39, 0.29) is 0 Å². The molecule has 3 rings (SSSR count). The molecular weight excluding hydrogens is 339 g/mol. The van der Waals surface area contributed by atoms with Crippen LogP contribution in [0, 0.1) is 0 Å². The van der Waals surface area contributed by atoms with E-state index >= 15 is 0 Å². The Kier molecular flexibility index (Phi) is 4.79. The van der Waals surface area contributed by atoms with Crippen molar-refractivity contribution in [2.75, 3.05) is 5.75 Å². The maximum Gasteiger partial charge on any atom is 0.416 e. The maximum absolute atomic E-state index is 12.9. The maximum atomic E-state index is 12.9. The van der Waals surface area contributed by atoms with Gasteiger partial charge in [-0.2, -0.15) is 18.3 Å². The second-order valence-electron chi connectivity index (χ2n) is 5.25. The van der Waals surface area contributed by atoms with Gasteiger partial charge in [0.2, 0.25) is 0 Å². The lowest BCUT2D eigenvalue weighted by Gasteiger charge is -2.09. The van der Waals surface area contributed by atoms with E-state index in [1.807, 2.05) is 11.5 Å². The molecule has 5 nitrogen and oxygen atoms in total. The van der Waals surface area contributed by atoms with E-state index < -0.39 is 11.7 Å². The van der Waals surface area contributed by atoms with Crippen molar-refractivity contribution in [1.82, 2.24) is 24.3 Å². The Morgan fingerprint density at radius 1 is 1.21 bits per heavy atom. The summed E-state index contributed by atoms with van der Waals surface area (Å²) in [4.78, 5) is 8.36. The highest BCUT2D eigenvalue weighted by atomic mass is 32.2. The first-order valence-corrected chi connectivity index (χ1v) is 8.50. The molecule has 0 atom stereocenters. The van der Waals surface area contributed by atoms with E-state index in [0.29, 0.717) is 29.9 Å². The summed E-state index contributed by atoms with van der Waals surface area (Å²) in [6.07, 6.45) is -0.435. The normalized spacial score (nSPS) is 12.2. The highest BCUT2D eigenvalue weighted by Gasteiger charge is 2.31. The molecule has 0 bridgehead atoms. The van der Waals surface area contributed by atoms with Gasteiger partial charge in [-0.05, 0) is 24.6 Å². The highest BCUT2D eigenvalue weighted by molar-refractivity contribution is 7.99. The summed E-state index contributed by atoms with van der Waals surface area (Å²) in [5.41, 5.74) is 0.459. The molecule has 24 heavy (non-hydrogen) atoms. The number of hydrogen-bond donors (Lipinski definition) is 0. The van der Waals surface area contributed by atoms with Gasteiger partial charge < -0.3 is 4.57 Å². The SMILES string of the molecule is CCCn1c(SCCn2cncn2)nc2ccc(C(F)(F)F)cc21. The Balaban J connectivity index is 1.87. The average Bonchev–Trinajstić information content (AvgIpc) is 3.15. The number of benzene rings is 1. The van der Waals surface area contributed by atoms with Gasteiger partial charge in [0.1, 0.15) is 12.7 Å². The van der Waals surface area contributed by atoms with E-state index in [1.165, 1.54) is 30.2 Å². The van der Waals surface area contributed by atoms with E-state index in [0.717, 1.165) is 17.6 Å². The molecule has 2 aromatic heterocycles. The Morgan fingerprint density at radius 3 is 2.71 bits per heavy atom. The van der Waals surface area contributed by atoms with Crippen molar-refractivity contribution >= 4 is 22.8 Å². The summed E-state index contributed by atoms with van der Waals surface area (Å²) in [5, 5.41) is 4.76. The fourth-order valence-corrected chi connectivity index (χ4v) is 3.37. The van der Waals surface area contributed by atoms with Crippen LogP contribution in [0.15, 0.2) is 36.0 Å². The van der Waals surface area contributed by atoms with Gasteiger partial charge >= 0.3 is 6.18 Å². The van der Waals surface area contributed by atoms with Crippen molar-refractivity contribution in [3.63, 3.8) is 0 Å². The topological polar surface area (TPSA) is 48.5 Å². The van der Waals surface area contributed by atoms with Gasteiger partial charge in [0.15, 0.2) is 5.16 Å². The van der Waals surface area contributed by atoms with Crippen molar-refractivity contribution < 1.29 is 13.2 Å². The highest BCUT2D eigenvalue weighted by Crippen LogP contribution is 2.33. The van der Waals surface area contributed by atoms with Crippen molar-refractivity contribution in [3.05, 3.63) is 36.4 Å². The molecule has 0 amide bonds. The molecule has 0 N–H and O–H groups in total. The van der Waals surface area contributed by atoms with Crippen LogP contribution in [0.5, 0.6) is 0 Å². The largest absolute Gasteiger partial charge is 0.416 e. The third kappa shape index (κ3) is 3.55. The number of alkyl halides is 3. The molecule has 9 heteroatoms. The Labute approximate surface area is 140 Å². The van der Waals surface area contributed by atoms with Crippen LogP contribution in [0.4, 0.5) is 13.2 Å². The van der Waals surface area contributed by atoms with Crippen LogP contribution in [0.1, 0.15) is 18.9 Å². The van der Waals surface area contributed by atoms with Crippen LogP contribution < -0.4 is 0 Å². The van der Waals surface area contributed by atoms with Gasteiger partial charge in [0.05, 0.1) is 23.1 Å². The van der Waals surface area contributed by atoms with Gasteiger partial charge in [-0.3, -0.25) is 4.68 Å². The summed E-state index contributed by atoms with van der Waals surface area (Å²) in [6, 6.07) is 3.70. The third-order valence-electron chi connectivity index (χ3n) is 3.51. The zero-order chi connectivity index (χ0) is 17.2. The molecular formula is C15H16F3N5S. The van der Waals surface area contributed by atoms with Crippen molar-refractivity contribution in [1.29, 1.82) is 0 Å². The van der Waals surface area contributed by atoms with Crippen LogP contribution in [0.3, 0.4) is 0 Å². The predicted octanol–water partition coefficient (Wildman–Crippen LogP) is 3.85. The van der Waals surface area contributed by atoms with Gasteiger partial charge in [-0.25, -0.2) is 9.97 Å². The third-order valence-corrected chi connectivity index (χ3v) is 4.46. The number of fused-ring (bicyclic) bond motifs is 1. The van der Waals surface area contributed by atoms with Crippen molar-refractivity contribution in [2.45, 2.75) is 37.8 Å². The second kappa shape index (κ2) is 6.84. The monoisotopic (exact) mass is 355 g/mol. The minimum Gasteiger partial charge on any atom is -0.319 e. The fourth-order valence-electron chi connectivity index (χ4n) is 2.41. The van der Waals surface area contributed by atoms with E-state index in [1.54, 1.807) is 11.0 Å². The lowest BCUT2D eigenvalue weighted by molar-refractivity contribution is -0.137. The predicted molar refractivity (Wildman–Crippen MR) is 85.8 cm³/mol. The Morgan fingerprint density at radius 2 is 2.04 bits per heavy atom. The number of imidazole rings is 1. The fraction of sp³-hybridized carbons (Fsp3) is 0.400. The van der Waals surface area contributed by atoms with Gasteiger partial charge in [0, 0.05) is 12.3 Å². The summed E-state index contributed by atoms with van der Waals surface area (Å²) in [5.74, 6) is 0.711. The average molecular weight is 355 g/mol. The molecule has 0 aliphatic rings. The molecule has 0 fully saturated rings. The number of hydrogen-bond acceptors (Lipinski definition) is 4. The van der Waals surface area contributed by atoms with Gasteiger partial charge in [0.25, 0.3) is 0 Å². The Hall–Kier alpha value is -2.03.